The molecule has 1 aromatic rings. The largest absolute Gasteiger partial charge is 0.384 e. The summed E-state index contributed by atoms with van der Waals surface area (Å²) in [5.41, 5.74) is 9.27. The Labute approximate surface area is 120 Å². The molecule has 0 saturated carbocycles. The summed E-state index contributed by atoms with van der Waals surface area (Å²) in [4.78, 5) is 7.26. The van der Waals surface area contributed by atoms with Crippen LogP contribution in [0.25, 0.3) is 0 Å². The molecule has 2 aliphatic rings. The summed E-state index contributed by atoms with van der Waals surface area (Å²) in [7, 11) is 0. The second kappa shape index (κ2) is 4.76. The number of nitrogen functional groups attached to an aromatic ring is 1. The van der Waals surface area contributed by atoms with E-state index in [9.17, 15) is 0 Å². The fourth-order valence-electron chi connectivity index (χ4n) is 3.53. The summed E-state index contributed by atoms with van der Waals surface area (Å²) in [5, 5.41) is 7.90. The highest BCUT2D eigenvalue weighted by Gasteiger charge is 2.35. The Bertz CT molecular complexity index is 548. The van der Waals surface area contributed by atoms with Gasteiger partial charge < -0.3 is 10.6 Å². The third kappa shape index (κ3) is 2.17. The first-order chi connectivity index (χ1) is 9.49. The number of aryl methyl sites for hydroxylation is 2. The van der Waals surface area contributed by atoms with Gasteiger partial charge >= 0.3 is 0 Å². The van der Waals surface area contributed by atoms with Gasteiger partial charge in [-0.15, -0.1) is 0 Å². The molecule has 4 nitrogen and oxygen atoms in total. The van der Waals surface area contributed by atoms with E-state index in [-0.39, 0.29) is 11.4 Å². The van der Waals surface area contributed by atoms with E-state index in [4.69, 9.17) is 16.1 Å². The molecule has 1 fully saturated rings. The molecule has 0 aromatic carbocycles. The van der Waals surface area contributed by atoms with Crippen LogP contribution < -0.4 is 10.6 Å². The first kappa shape index (κ1) is 13.4. The summed E-state index contributed by atoms with van der Waals surface area (Å²) >= 11 is 0. The standard InChI is InChI=1S/C16H24N4/c1-16(2)8-5-9-20(16)15-12(14(17)18)10-11-6-3-4-7-13(11)19-15/h10H,3-9H2,1-2H3,(H3,17,18). The molecule has 4 heteroatoms. The maximum Gasteiger partial charge on any atom is 0.140 e. The van der Waals surface area contributed by atoms with Crippen LogP contribution in [-0.2, 0) is 12.8 Å². The Balaban J connectivity index is 2.11. The van der Waals surface area contributed by atoms with Gasteiger partial charge in [-0.1, -0.05) is 0 Å². The summed E-state index contributed by atoms with van der Waals surface area (Å²) < 4.78 is 0. The van der Waals surface area contributed by atoms with Crippen LogP contribution in [0.2, 0.25) is 0 Å². The average Bonchev–Trinajstić information content (AvgIpc) is 2.76. The highest BCUT2D eigenvalue weighted by Crippen LogP contribution is 2.36. The minimum atomic E-state index is 0.111. The van der Waals surface area contributed by atoms with E-state index >= 15 is 0 Å². The number of hydrogen-bond donors (Lipinski definition) is 2. The van der Waals surface area contributed by atoms with Crippen molar-refractivity contribution < 1.29 is 0 Å². The van der Waals surface area contributed by atoms with E-state index in [2.05, 4.69) is 24.8 Å². The number of nitrogens with two attached hydrogens (primary N) is 1. The first-order valence-electron chi connectivity index (χ1n) is 7.64. The minimum Gasteiger partial charge on any atom is -0.384 e. The van der Waals surface area contributed by atoms with Crippen LogP contribution in [0.5, 0.6) is 0 Å². The highest BCUT2D eigenvalue weighted by molar-refractivity contribution is 6.00. The van der Waals surface area contributed by atoms with Gasteiger partial charge in [-0.25, -0.2) is 4.98 Å². The Hall–Kier alpha value is -1.58. The van der Waals surface area contributed by atoms with Gasteiger partial charge in [0.25, 0.3) is 0 Å². The number of nitrogens with one attached hydrogen (secondary N) is 1. The van der Waals surface area contributed by atoms with Gasteiger partial charge in [-0.05, 0) is 64.0 Å². The second-order valence-corrected chi connectivity index (χ2v) is 6.65. The lowest BCUT2D eigenvalue weighted by molar-refractivity contribution is 0.512. The van der Waals surface area contributed by atoms with Crippen molar-refractivity contribution in [3.05, 3.63) is 22.9 Å². The molecule has 0 atom stereocenters. The number of hydrogen-bond acceptors (Lipinski definition) is 3. The highest BCUT2D eigenvalue weighted by atomic mass is 15.3. The SMILES string of the molecule is CC1(C)CCCN1c1nc2c(cc1C(=N)N)CCCC2. The van der Waals surface area contributed by atoms with Crippen molar-refractivity contribution in [3.63, 3.8) is 0 Å². The smallest absolute Gasteiger partial charge is 0.140 e. The van der Waals surface area contributed by atoms with E-state index in [1.54, 1.807) is 0 Å². The van der Waals surface area contributed by atoms with Crippen molar-refractivity contribution in [2.75, 3.05) is 11.4 Å². The molecule has 0 spiro atoms. The van der Waals surface area contributed by atoms with Crippen LogP contribution in [-0.4, -0.2) is 22.9 Å². The number of pyridine rings is 1. The molecule has 3 rings (SSSR count). The van der Waals surface area contributed by atoms with Crippen LogP contribution >= 0.6 is 0 Å². The average molecular weight is 272 g/mol. The number of rotatable bonds is 2. The Morgan fingerprint density at radius 3 is 2.70 bits per heavy atom. The quantitative estimate of drug-likeness (QED) is 0.642. The van der Waals surface area contributed by atoms with Gasteiger partial charge in [-0.3, -0.25) is 5.41 Å². The number of amidine groups is 1. The minimum absolute atomic E-state index is 0.111. The van der Waals surface area contributed by atoms with E-state index in [1.165, 1.54) is 36.9 Å². The molecular weight excluding hydrogens is 248 g/mol. The monoisotopic (exact) mass is 272 g/mol. The predicted octanol–water partition coefficient (Wildman–Crippen LogP) is 2.62. The van der Waals surface area contributed by atoms with Crippen molar-refractivity contribution in [1.82, 2.24) is 4.98 Å². The van der Waals surface area contributed by atoms with Crippen molar-refractivity contribution in [2.45, 2.75) is 57.9 Å². The maximum absolute atomic E-state index is 7.90. The maximum atomic E-state index is 7.90. The lowest BCUT2D eigenvalue weighted by atomic mass is 9.94. The summed E-state index contributed by atoms with van der Waals surface area (Å²) in [6.07, 6.45) is 6.94. The molecule has 0 amide bonds. The molecule has 0 radical (unpaired) electrons. The molecule has 20 heavy (non-hydrogen) atoms. The fourth-order valence-corrected chi connectivity index (χ4v) is 3.53. The van der Waals surface area contributed by atoms with Crippen LogP contribution in [0.15, 0.2) is 6.07 Å². The van der Waals surface area contributed by atoms with Gasteiger partial charge in [0, 0.05) is 17.8 Å². The summed E-state index contributed by atoms with van der Waals surface area (Å²) in [6, 6.07) is 2.12. The van der Waals surface area contributed by atoms with Gasteiger partial charge in [0.1, 0.15) is 11.7 Å². The van der Waals surface area contributed by atoms with Crippen LogP contribution in [0, 0.1) is 5.41 Å². The molecule has 2 heterocycles. The topological polar surface area (TPSA) is 66.0 Å². The molecule has 1 saturated heterocycles. The molecule has 1 aliphatic heterocycles. The molecule has 3 N–H and O–H groups in total. The molecule has 1 aromatic heterocycles. The molecular formula is C16H24N4. The molecule has 0 unspecified atom stereocenters. The van der Waals surface area contributed by atoms with Crippen LogP contribution in [0.3, 0.4) is 0 Å². The van der Waals surface area contributed by atoms with Crippen molar-refractivity contribution in [3.8, 4) is 0 Å². The van der Waals surface area contributed by atoms with E-state index in [1.807, 2.05) is 0 Å². The van der Waals surface area contributed by atoms with E-state index in [0.29, 0.717) is 0 Å². The number of anilines is 1. The third-order valence-corrected chi connectivity index (χ3v) is 4.73. The zero-order chi connectivity index (χ0) is 14.3. The van der Waals surface area contributed by atoms with Crippen molar-refractivity contribution in [2.24, 2.45) is 5.73 Å². The summed E-state index contributed by atoms with van der Waals surface area (Å²) in [5.74, 6) is 1.07. The Kier molecular flexibility index (Phi) is 3.19. The number of nitrogens with zero attached hydrogens (tertiary/aromatic N) is 2. The van der Waals surface area contributed by atoms with Gasteiger partial charge in [0.05, 0.1) is 5.56 Å². The molecule has 0 bridgehead atoms. The van der Waals surface area contributed by atoms with Crippen molar-refractivity contribution >= 4 is 11.7 Å². The van der Waals surface area contributed by atoms with Gasteiger partial charge in [0.15, 0.2) is 0 Å². The van der Waals surface area contributed by atoms with E-state index in [0.717, 1.165) is 30.8 Å². The second-order valence-electron chi connectivity index (χ2n) is 6.65. The van der Waals surface area contributed by atoms with Crippen LogP contribution in [0.4, 0.5) is 5.82 Å². The number of aromatic nitrogens is 1. The Morgan fingerprint density at radius 1 is 1.30 bits per heavy atom. The lowest BCUT2D eigenvalue weighted by Gasteiger charge is -2.35. The zero-order valence-electron chi connectivity index (χ0n) is 12.5. The van der Waals surface area contributed by atoms with Crippen molar-refractivity contribution in [1.29, 1.82) is 5.41 Å². The predicted molar refractivity (Wildman–Crippen MR) is 82.6 cm³/mol. The van der Waals surface area contributed by atoms with Gasteiger partial charge in [0.2, 0.25) is 0 Å². The number of fused-ring (bicyclic) bond motifs is 1. The zero-order valence-corrected chi connectivity index (χ0v) is 12.5. The molecule has 108 valence electrons. The summed E-state index contributed by atoms with van der Waals surface area (Å²) in [6.45, 7) is 5.52. The fraction of sp³-hybridized carbons (Fsp3) is 0.625. The Morgan fingerprint density at radius 2 is 2.05 bits per heavy atom. The lowest BCUT2D eigenvalue weighted by Crippen LogP contribution is -2.40. The first-order valence-corrected chi connectivity index (χ1v) is 7.64. The normalized spacial score (nSPS) is 20.8. The third-order valence-electron chi connectivity index (χ3n) is 4.73. The van der Waals surface area contributed by atoms with E-state index < -0.39 is 0 Å². The molecule has 1 aliphatic carbocycles. The van der Waals surface area contributed by atoms with Gasteiger partial charge in [-0.2, -0.15) is 0 Å². The van der Waals surface area contributed by atoms with Crippen LogP contribution in [0.1, 0.15) is 56.4 Å².